The Hall–Kier alpha value is -2.31. The molecule has 0 aliphatic carbocycles. The molecule has 1 heterocycles. The maximum absolute atomic E-state index is 13.0. The molecule has 1 aliphatic rings. The molecule has 1 fully saturated rings. The van der Waals surface area contributed by atoms with Crippen LogP contribution in [0.25, 0.3) is 0 Å². The van der Waals surface area contributed by atoms with Crippen molar-refractivity contribution >= 4 is 35.0 Å². The maximum Gasteiger partial charge on any atom is 0.243 e. The second-order valence-corrected chi connectivity index (χ2v) is 9.34. The SMILES string of the molecule is C[C@H](CSC(=O)CCCCON(O)O)C(=O)N1CCC[C@H]1C(=O)N[C@@H](C=O)Cc1ccccc1. The molecule has 0 saturated carbocycles. The second kappa shape index (κ2) is 14.8. The fraction of sp³-hybridized carbons (Fsp3) is 0.565. The molecule has 0 unspecified atom stereocenters. The number of benzene rings is 1. The van der Waals surface area contributed by atoms with Gasteiger partial charge in [-0.25, -0.2) is 0 Å². The average Bonchev–Trinajstić information content (AvgIpc) is 3.32. The zero-order valence-corrected chi connectivity index (χ0v) is 20.1. The molecule has 2 rings (SSSR count). The molecule has 1 aromatic rings. The van der Waals surface area contributed by atoms with E-state index >= 15 is 0 Å². The highest BCUT2D eigenvalue weighted by Crippen LogP contribution is 2.23. The van der Waals surface area contributed by atoms with Gasteiger partial charge in [-0.3, -0.25) is 29.6 Å². The number of carbonyl (C=O) groups is 4. The number of hydrogen-bond acceptors (Lipinski definition) is 9. The van der Waals surface area contributed by atoms with Gasteiger partial charge in [-0.15, -0.1) is 0 Å². The molecule has 10 nitrogen and oxygen atoms in total. The summed E-state index contributed by atoms with van der Waals surface area (Å²) in [6.45, 7) is 2.29. The first kappa shape index (κ1) is 27.9. The van der Waals surface area contributed by atoms with E-state index in [0.29, 0.717) is 50.7 Å². The van der Waals surface area contributed by atoms with Gasteiger partial charge in [-0.1, -0.05) is 49.0 Å². The molecule has 1 aromatic carbocycles. The third kappa shape index (κ3) is 9.51. The van der Waals surface area contributed by atoms with E-state index in [-0.39, 0.29) is 35.3 Å². The fourth-order valence-corrected chi connectivity index (χ4v) is 4.61. The predicted molar refractivity (Wildman–Crippen MR) is 125 cm³/mol. The number of amides is 2. The number of likely N-dealkylation sites (tertiary alicyclic amines) is 1. The third-order valence-corrected chi connectivity index (χ3v) is 6.72. The monoisotopic (exact) mass is 495 g/mol. The van der Waals surface area contributed by atoms with Crippen molar-refractivity contribution in [1.29, 1.82) is 0 Å². The summed E-state index contributed by atoms with van der Waals surface area (Å²) < 4.78 is 0. The smallest absolute Gasteiger partial charge is 0.243 e. The molecule has 0 radical (unpaired) electrons. The van der Waals surface area contributed by atoms with Gasteiger partial charge in [0, 0.05) is 24.6 Å². The number of nitrogens with zero attached hydrogens (tertiary/aromatic N) is 2. The highest BCUT2D eigenvalue weighted by Gasteiger charge is 2.36. The van der Waals surface area contributed by atoms with Crippen molar-refractivity contribution in [2.24, 2.45) is 5.92 Å². The molecule has 0 aromatic heterocycles. The van der Waals surface area contributed by atoms with Crippen LogP contribution in [0, 0.1) is 5.92 Å². The molecule has 34 heavy (non-hydrogen) atoms. The topological polar surface area (TPSA) is 136 Å². The van der Waals surface area contributed by atoms with E-state index in [1.807, 2.05) is 30.3 Å². The van der Waals surface area contributed by atoms with E-state index in [4.69, 9.17) is 10.4 Å². The summed E-state index contributed by atoms with van der Waals surface area (Å²) in [6, 6.07) is 8.12. The van der Waals surface area contributed by atoms with E-state index in [2.05, 4.69) is 10.2 Å². The number of thioether (sulfide) groups is 1. The van der Waals surface area contributed by atoms with Gasteiger partial charge in [0.05, 0.1) is 18.0 Å². The summed E-state index contributed by atoms with van der Waals surface area (Å²) in [4.78, 5) is 55.4. The molecular weight excluding hydrogens is 462 g/mol. The normalized spacial score (nSPS) is 17.4. The van der Waals surface area contributed by atoms with Crippen LogP contribution in [0.2, 0.25) is 0 Å². The summed E-state index contributed by atoms with van der Waals surface area (Å²) >= 11 is 1.08. The van der Waals surface area contributed by atoms with Crippen LogP contribution in [0.15, 0.2) is 30.3 Å². The van der Waals surface area contributed by atoms with E-state index < -0.39 is 18.0 Å². The second-order valence-electron chi connectivity index (χ2n) is 8.26. The first-order chi connectivity index (χ1) is 16.3. The first-order valence-electron chi connectivity index (χ1n) is 11.4. The Kier molecular flexibility index (Phi) is 12.2. The van der Waals surface area contributed by atoms with E-state index in [0.717, 1.165) is 17.3 Å². The zero-order valence-electron chi connectivity index (χ0n) is 19.3. The molecule has 3 atom stereocenters. The quantitative estimate of drug-likeness (QED) is 0.201. The lowest BCUT2D eigenvalue weighted by Gasteiger charge is -2.27. The van der Waals surface area contributed by atoms with Gasteiger partial charge < -0.3 is 15.0 Å². The summed E-state index contributed by atoms with van der Waals surface area (Å²) in [7, 11) is 0. The van der Waals surface area contributed by atoms with Crippen molar-refractivity contribution in [1.82, 2.24) is 15.6 Å². The molecule has 1 saturated heterocycles. The maximum atomic E-state index is 13.0. The number of unbranched alkanes of at least 4 members (excludes halogenated alkanes) is 1. The minimum Gasteiger partial charge on any atom is -0.344 e. The highest BCUT2D eigenvalue weighted by molar-refractivity contribution is 8.13. The number of aldehydes is 1. The number of nitrogens with one attached hydrogen (secondary N) is 1. The molecular formula is C23H33N3O7S. The molecule has 3 N–H and O–H groups in total. The standard InChI is InChI=1S/C23H33N3O7S/c1-17(16-34-21(28)11-5-6-13-33-26(31)32)23(30)25-12-7-10-20(25)22(29)24-19(15-27)14-18-8-3-2-4-9-18/h2-4,8-9,15,17,19-20,31-32H,5-7,10-14,16H2,1H3,(H,24,29)/t17-,19-,20+/m1/s1. The van der Waals surface area contributed by atoms with Crippen LogP contribution < -0.4 is 5.32 Å². The van der Waals surface area contributed by atoms with Gasteiger partial charge in [0.25, 0.3) is 0 Å². The lowest BCUT2D eigenvalue weighted by molar-refractivity contribution is -0.492. The van der Waals surface area contributed by atoms with Crippen LogP contribution in [0.3, 0.4) is 0 Å². The zero-order chi connectivity index (χ0) is 24.9. The van der Waals surface area contributed by atoms with Crippen LogP contribution >= 0.6 is 11.8 Å². The van der Waals surface area contributed by atoms with Crippen molar-refractivity contribution in [2.45, 2.75) is 57.5 Å². The molecule has 11 heteroatoms. The minimum atomic E-state index is -0.665. The van der Waals surface area contributed by atoms with E-state index in [9.17, 15) is 19.2 Å². The summed E-state index contributed by atoms with van der Waals surface area (Å²) in [5, 5.41) is 19.2. The molecule has 0 bridgehead atoms. The number of rotatable bonds is 14. The molecule has 2 amide bonds. The fourth-order valence-electron chi connectivity index (χ4n) is 3.75. The van der Waals surface area contributed by atoms with Crippen LogP contribution in [0.4, 0.5) is 0 Å². The Morgan fingerprint density at radius 2 is 2.00 bits per heavy atom. The van der Waals surface area contributed by atoms with E-state index in [1.54, 1.807) is 11.8 Å². The van der Waals surface area contributed by atoms with Gasteiger partial charge in [-0.05, 0) is 37.7 Å². The molecule has 1 aliphatic heterocycles. The van der Waals surface area contributed by atoms with Crippen molar-refractivity contribution < 1.29 is 34.4 Å². The Balaban J connectivity index is 1.78. The Morgan fingerprint density at radius 3 is 2.68 bits per heavy atom. The van der Waals surface area contributed by atoms with Gasteiger partial charge in [0.15, 0.2) is 5.12 Å². The Morgan fingerprint density at radius 1 is 1.26 bits per heavy atom. The van der Waals surface area contributed by atoms with E-state index in [1.165, 1.54) is 0 Å². The minimum absolute atomic E-state index is 0.0602. The summed E-state index contributed by atoms with van der Waals surface area (Å²) in [6.07, 6.45) is 3.63. The third-order valence-electron chi connectivity index (χ3n) is 5.53. The summed E-state index contributed by atoms with van der Waals surface area (Å²) in [5.41, 5.74) is 0.936. The Bertz CT molecular complexity index is 809. The summed E-state index contributed by atoms with van der Waals surface area (Å²) in [5.74, 6) is -0.635. The van der Waals surface area contributed by atoms with Crippen LogP contribution in [-0.2, 0) is 30.4 Å². The lowest BCUT2D eigenvalue weighted by Crippen LogP contribution is -2.51. The van der Waals surface area contributed by atoms with Crippen molar-refractivity contribution in [3.8, 4) is 0 Å². The van der Waals surface area contributed by atoms with Gasteiger partial charge in [0.2, 0.25) is 11.8 Å². The van der Waals surface area contributed by atoms with Crippen molar-refractivity contribution in [3.63, 3.8) is 0 Å². The van der Waals surface area contributed by atoms with Gasteiger partial charge >= 0.3 is 0 Å². The largest absolute Gasteiger partial charge is 0.344 e. The number of carbonyl (C=O) groups excluding carboxylic acids is 4. The predicted octanol–water partition coefficient (Wildman–Crippen LogP) is 1.98. The van der Waals surface area contributed by atoms with Crippen LogP contribution in [0.5, 0.6) is 0 Å². The number of hydrogen-bond donors (Lipinski definition) is 3. The highest BCUT2D eigenvalue weighted by atomic mass is 32.2. The van der Waals surface area contributed by atoms with Crippen LogP contribution in [-0.4, -0.2) is 74.9 Å². The van der Waals surface area contributed by atoms with Crippen molar-refractivity contribution in [3.05, 3.63) is 35.9 Å². The van der Waals surface area contributed by atoms with Crippen LogP contribution in [0.1, 0.15) is 44.6 Å². The first-order valence-corrected chi connectivity index (χ1v) is 12.4. The molecule has 0 spiro atoms. The molecule has 188 valence electrons. The van der Waals surface area contributed by atoms with Gasteiger partial charge in [-0.2, -0.15) is 0 Å². The average molecular weight is 496 g/mol. The Labute approximate surface area is 203 Å². The van der Waals surface area contributed by atoms with Gasteiger partial charge in [0.1, 0.15) is 12.3 Å². The lowest BCUT2D eigenvalue weighted by atomic mass is 10.1. The van der Waals surface area contributed by atoms with Crippen molar-refractivity contribution in [2.75, 3.05) is 18.9 Å².